The Morgan fingerprint density at radius 2 is 1.95 bits per heavy atom. The van der Waals surface area contributed by atoms with Crippen molar-refractivity contribution in [1.82, 2.24) is 4.90 Å². The normalized spacial score (nSPS) is 17.2. The van der Waals surface area contributed by atoms with Crippen molar-refractivity contribution in [2.45, 2.75) is 0 Å². The quantitative estimate of drug-likeness (QED) is 0.861. The molecule has 1 fully saturated rings. The Bertz CT molecular complexity index is 569. The molecular weight excluding hydrogens is 264 g/mol. The number of rotatable bonds is 3. The highest BCUT2D eigenvalue weighted by molar-refractivity contribution is 8.18. The zero-order chi connectivity index (χ0) is 14.0. The molecule has 1 N–H and O–H groups in total. The SMILES string of the molecule is COc1ccc(/C=C2/SC(=N)N(C)C2=O)cc1OC. The van der Waals surface area contributed by atoms with Crippen LogP contribution >= 0.6 is 11.8 Å². The summed E-state index contributed by atoms with van der Waals surface area (Å²) in [5.41, 5.74) is 0.830. The number of hydrogen-bond donors (Lipinski definition) is 1. The summed E-state index contributed by atoms with van der Waals surface area (Å²) in [6.07, 6.45) is 1.74. The minimum absolute atomic E-state index is 0.162. The number of methoxy groups -OCH3 is 2. The average molecular weight is 278 g/mol. The molecule has 0 saturated carbocycles. The van der Waals surface area contributed by atoms with Gasteiger partial charge in [-0.15, -0.1) is 0 Å². The lowest BCUT2D eigenvalue weighted by atomic mass is 10.2. The van der Waals surface area contributed by atoms with Gasteiger partial charge >= 0.3 is 0 Å². The van der Waals surface area contributed by atoms with Crippen molar-refractivity contribution in [3.05, 3.63) is 28.7 Å². The predicted octanol–water partition coefficient (Wildman–Crippen LogP) is 2.18. The first-order chi connectivity index (χ1) is 9.06. The molecule has 2 rings (SSSR count). The number of benzene rings is 1. The van der Waals surface area contributed by atoms with Crippen LogP contribution < -0.4 is 9.47 Å². The van der Waals surface area contributed by atoms with E-state index in [1.165, 1.54) is 4.90 Å². The molecule has 100 valence electrons. The van der Waals surface area contributed by atoms with Crippen molar-refractivity contribution in [1.29, 1.82) is 5.41 Å². The minimum Gasteiger partial charge on any atom is -0.493 e. The average Bonchev–Trinajstić information content (AvgIpc) is 2.66. The van der Waals surface area contributed by atoms with Gasteiger partial charge in [-0.1, -0.05) is 6.07 Å². The van der Waals surface area contributed by atoms with Gasteiger partial charge in [-0.05, 0) is 35.5 Å². The van der Waals surface area contributed by atoms with Gasteiger partial charge in [-0.25, -0.2) is 0 Å². The largest absolute Gasteiger partial charge is 0.493 e. The summed E-state index contributed by atoms with van der Waals surface area (Å²) in [5.74, 6) is 1.08. The first kappa shape index (κ1) is 13.5. The third-order valence-corrected chi connectivity index (χ3v) is 3.71. The van der Waals surface area contributed by atoms with E-state index in [0.29, 0.717) is 16.4 Å². The lowest BCUT2D eigenvalue weighted by molar-refractivity contribution is -0.121. The Morgan fingerprint density at radius 1 is 1.26 bits per heavy atom. The highest BCUT2D eigenvalue weighted by Gasteiger charge is 2.28. The summed E-state index contributed by atoms with van der Waals surface area (Å²) in [6.45, 7) is 0. The summed E-state index contributed by atoms with van der Waals surface area (Å²) in [4.78, 5) is 13.7. The molecule has 19 heavy (non-hydrogen) atoms. The molecule has 0 unspecified atom stereocenters. The van der Waals surface area contributed by atoms with E-state index in [9.17, 15) is 4.79 Å². The van der Waals surface area contributed by atoms with Gasteiger partial charge in [-0.3, -0.25) is 15.1 Å². The van der Waals surface area contributed by atoms with Crippen molar-refractivity contribution in [3.8, 4) is 11.5 Å². The number of ether oxygens (including phenoxy) is 2. The van der Waals surface area contributed by atoms with Crippen molar-refractivity contribution >= 4 is 28.9 Å². The van der Waals surface area contributed by atoms with Crippen LogP contribution in [0.2, 0.25) is 0 Å². The highest BCUT2D eigenvalue weighted by Crippen LogP contribution is 2.33. The van der Waals surface area contributed by atoms with Crippen LogP contribution in [0.15, 0.2) is 23.1 Å². The van der Waals surface area contributed by atoms with Crippen LogP contribution in [0.1, 0.15) is 5.56 Å². The van der Waals surface area contributed by atoms with Crippen molar-refractivity contribution < 1.29 is 14.3 Å². The standard InChI is InChI=1S/C13H14N2O3S/c1-15-12(16)11(19-13(15)14)7-8-4-5-9(17-2)10(6-8)18-3/h4-7,14H,1-3H3/b11-7+,14-13?. The van der Waals surface area contributed by atoms with Gasteiger partial charge in [-0.2, -0.15) is 0 Å². The van der Waals surface area contributed by atoms with Crippen molar-refractivity contribution in [2.24, 2.45) is 0 Å². The number of amides is 1. The van der Waals surface area contributed by atoms with Crippen LogP contribution in [0.3, 0.4) is 0 Å². The summed E-state index contributed by atoms with van der Waals surface area (Å²) >= 11 is 1.15. The van der Waals surface area contributed by atoms with Crippen LogP contribution in [0, 0.1) is 5.41 Å². The molecule has 6 heteroatoms. The first-order valence-electron chi connectivity index (χ1n) is 5.55. The van der Waals surface area contributed by atoms with E-state index >= 15 is 0 Å². The second-order valence-electron chi connectivity index (χ2n) is 3.89. The fourth-order valence-electron chi connectivity index (χ4n) is 1.66. The molecular formula is C13H14N2O3S. The van der Waals surface area contributed by atoms with Crippen LogP contribution in [0.4, 0.5) is 0 Å². The monoisotopic (exact) mass is 278 g/mol. The molecule has 1 aromatic carbocycles. The molecule has 5 nitrogen and oxygen atoms in total. The molecule has 1 aliphatic rings. The second-order valence-corrected chi connectivity index (χ2v) is 4.93. The van der Waals surface area contributed by atoms with Crippen LogP contribution in [-0.2, 0) is 4.79 Å². The van der Waals surface area contributed by atoms with Gasteiger partial charge in [0, 0.05) is 7.05 Å². The van der Waals surface area contributed by atoms with E-state index in [1.54, 1.807) is 39.5 Å². The van der Waals surface area contributed by atoms with Crippen molar-refractivity contribution in [2.75, 3.05) is 21.3 Å². The molecule has 0 aliphatic carbocycles. The van der Waals surface area contributed by atoms with E-state index in [4.69, 9.17) is 14.9 Å². The van der Waals surface area contributed by atoms with Crippen LogP contribution in [-0.4, -0.2) is 37.2 Å². The van der Waals surface area contributed by atoms with Gasteiger partial charge in [0.25, 0.3) is 5.91 Å². The Kier molecular flexibility index (Phi) is 3.80. The number of likely N-dealkylation sites (N-methyl/N-ethyl adjacent to an activating group) is 1. The van der Waals surface area contributed by atoms with E-state index < -0.39 is 0 Å². The number of carbonyl (C=O) groups excluding carboxylic acids is 1. The number of carbonyl (C=O) groups is 1. The number of amidine groups is 1. The molecule has 1 aliphatic heterocycles. The molecule has 0 bridgehead atoms. The molecule has 0 atom stereocenters. The molecule has 1 saturated heterocycles. The topological polar surface area (TPSA) is 62.6 Å². The first-order valence-corrected chi connectivity index (χ1v) is 6.36. The molecule has 0 aromatic heterocycles. The van der Waals surface area contributed by atoms with Crippen LogP contribution in [0.25, 0.3) is 6.08 Å². The summed E-state index contributed by atoms with van der Waals surface area (Å²) in [6, 6.07) is 5.41. The second kappa shape index (κ2) is 5.36. The van der Waals surface area contributed by atoms with E-state index in [-0.39, 0.29) is 11.1 Å². The van der Waals surface area contributed by atoms with Crippen LogP contribution in [0.5, 0.6) is 11.5 Å². The minimum atomic E-state index is -0.162. The Morgan fingerprint density at radius 3 is 2.47 bits per heavy atom. The Hall–Kier alpha value is -1.95. The summed E-state index contributed by atoms with van der Waals surface area (Å²) in [5, 5.41) is 7.84. The maximum absolute atomic E-state index is 11.8. The van der Waals surface area contributed by atoms with E-state index in [1.807, 2.05) is 6.07 Å². The summed E-state index contributed by atoms with van der Waals surface area (Å²) < 4.78 is 10.4. The smallest absolute Gasteiger partial charge is 0.266 e. The number of hydrogen-bond acceptors (Lipinski definition) is 5. The number of thioether (sulfide) groups is 1. The van der Waals surface area contributed by atoms with Crippen molar-refractivity contribution in [3.63, 3.8) is 0 Å². The maximum atomic E-state index is 11.8. The molecule has 0 radical (unpaired) electrons. The third-order valence-electron chi connectivity index (χ3n) is 2.73. The lowest BCUT2D eigenvalue weighted by Crippen LogP contribution is -2.22. The van der Waals surface area contributed by atoms with Gasteiger partial charge in [0.15, 0.2) is 16.7 Å². The Balaban J connectivity index is 2.34. The highest BCUT2D eigenvalue weighted by atomic mass is 32.2. The molecule has 1 amide bonds. The fraction of sp³-hybridized carbons (Fsp3) is 0.231. The molecule has 0 spiro atoms. The Labute approximate surface area is 115 Å². The molecule has 1 aromatic rings. The fourth-order valence-corrected chi connectivity index (χ4v) is 2.51. The number of nitrogens with one attached hydrogen (secondary N) is 1. The van der Waals surface area contributed by atoms with Gasteiger partial charge in [0.05, 0.1) is 19.1 Å². The summed E-state index contributed by atoms with van der Waals surface area (Å²) in [7, 11) is 4.73. The number of nitrogens with zero attached hydrogens (tertiary/aromatic N) is 1. The van der Waals surface area contributed by atoms with Gasteiger partial charge < -0.3 is 9.47 Å². The zero-order valence-corrected chi connectivity index (χ0v) is 11.7. The van der Waals surface area contributed by atoms with Gasteiger partial charge in [0.1, 0.15) is 0 Å². The van der Waals surface area contributed by atoms with E-state index in [2.05, 4.69) is 0 Å². The zero-order valence-electron chi connectivity index (χ0n) is 10.9. The predicted molar refractivity (Wildman–Crippen MR) is 75.6 cm³/mol. The molecule has 1 heterocycles. The van der Waals surface area contributed by atoms with Gasteiger partial charge in [0.2, 0.25) is 0 Å². The lowest BCUT2D eigenvalue weighted by Gasteiger charge is -2.08. The maximum Gasteiger partial charge on any atom is 0.266 e. The third kappa shape index (κ3) is 2.58. The van der Waals surface area contributed by atoms with E-state index in [0.717, 1.165) is 17.3 Å².